The lowest BCUT2D eigenvalue weighted by Gasteiger charge is -2.07. The first-order chi connectivity index (χ1) is 10.1. The van der Waals surface area contributed by atoms with Gasteiger partial charge < -0.3 is 10.5 Å². The fourth-order valence-electron chi connectivity index (χ4n) is 1.63. The Morgan fingerprint density at radius 3 is 3.00 bits per heavy atom. The molecule has 0 aliphatic carbocycles. The molecular formula is C14H14BrN3O2S. The predicted molar refractivity (Wildman–Crippen MR) is 87.8 cm³/mol. The first-order valence-corrected chi connectivity index (χ1v) is 7.72. The number of nitrogens with zero attached hydrogens (tertiary/aromatic N) is 1. The molecule has 0 aliphatic heterocycles. The van der Waals surface area contributed by atoms with E-state index in [4.69, 9.17) is 10.5 Å². The molecular weight excluding hydrogens is 354 g/mol. The highest BCUT2D eigenvalue weighted by Gasteiger charge is 2.06. The molecule has 0 saturated heterocycles. The summed E-state index contributed by atoms with van der Waals surface area (Å²) in [6.45, 7) is 2.49. The molecule has 3 N–H and O–H groups in total. The van der Waals surface area contributed by atoms with Crippen molar-refractivity contribution < 1.29 is 9.53 Å². The summed E-state index contributed by atoms with van der Waals surface area (Å²) in [7, 11) is 0. The summed E-state index contributed by atoms with van der Waals surface area (Å²) < 4.78 is 6.71. The number of hydrogen-bond acceptors (Lipinski definition) is 4. The summed E-state index contributed by atoms with van der Waals surface area (Å²) in [5, 5.41) is 3.74. The SMILES string of the molecule is Cc1sc(C=NNC(N)=O)cc1COc1ccccc1Br. The lowest BCUT2D eigenvalue weighted by Crippen LogP contribution is -2.24. The average Bonchev–Trinajstić information content (AvgIpc) is 2.78. The third-order valence-electron chi connectivity index (χ3n) is 2.63. The quantitative estimate of drug-likeness (QED) is 0.627. The Labute approximate surface area is 134 Å². The van der Waals surface area contributed by atoms with Crippen LogP contribution < -0.4 is 15.9 Å². The van der Waals surface area contributed by atoms with Gasteiger partial charge in [-0.2, -0.15) is 5.10 Å². The van der Waals surface area contributed by atoms with E-state index in [0.717, 1.165) is 25.5 Å². The molecule has 1 aromatic heterocycles. The molecule has 2 amide bonds. The molecule has 7 heteroatoms. The van der Waals surface area contributed by atoms with Gasteiger partial charge in [-0.15, -0.1) is 11.3 Å². The zero-order chi connectivity index (χ0) is 15.2. The number of ether oxygens (including phenoxy) is 1. The number of nitrogens with two attached hydrogens (primary N) is 1. The first-order valence-electron chi connectivity index (χ1n) is 6.11. The molecule has 0 saturated carbocycles. The zero-order valence-electron chi connectivity index (χ0n) is 11.3. The summed E-state index contributed by atoms with van der Waals surface area (Å²) in [4.78, 5) is 12.6. The molecule has 21 heavy (non-hydrogen) atoms. The van der Waals surface area contributed by atoms with Crippen LogP contribution in [0.5, 0.6) is 5.75 Å². The maximum atomic E-state index is 10.5. The normalized spacial score (nSPS) is 10.8. The van der Waals surface area contributed by atoms with Crippen molar-refractivity contribution in [1.82, 2.24) is 5.43 Å². The fourth-order valence-corrected chi connectivity index (χ4v) is 2.94. The van der Waals surface area contributed by atoms with Crippen LogP contribution in [0.2, 0.25) is 0 Å². The minimum atomic E-state index is -0.683. The Balaban J connectivity index is 2.01. The van der Waals surface area contributed by atoms with Crippen LogP contribution in [0.3, 0.4) is 0 Å². The van der Waals surface area contributed by atoms with Gasteiger partial charge in [-0.3, -0.25) is 0 Å². The van der Waals surface area contributed by atoms with E-state index < -0.39 is 6.03 Å². The highest BCUT2D eigenvalue weighted by atomic mass is 79.9. The number of thiophene rings is 1. The largest absolute Gasteiger partial charge is 0.488 e. The Kier molecular flexibility index (Phi) is 5.35. The smallest absolute Gasteiger partial charge is 0.332 e. The van der Waals surface area contributed by atoms with Crippen LogP contribution in [-0.4, -0.2) is 12.2 Å². The van der Waals surface area contributed by atoms with Crippen molar-refractivity contribution in [2.24, 2.45) is 10.8 Å². The molecule has 2 aromatic rings. The fraction of sp³-hybridized carbons (Fsp3) is 0.143. The van der Waals surface area contributed by atoms with Gasteiger partial charge >= 0.3 is 6.03 Å². The van der Waals surface area contributed by atoms with Crippen molar-refractivity contribution in [2.75, 3.05) is 0 Å². The van der Waals surface area contributed by atoms with Gasteiger partial charge in [0, 0.05) is 15.3 Å². The number of nitrogens with one attached hydrogen (secondary N) is 1. The molecule has 0 aliphatic rings. The standard InChI is InChI=1S/C14H14BrN3O2S/c1-9-10(6-11(21-9)7-17-18-14(16)19)8-20-13-5-3-2-4-12(13)15/h2-7H,8H2,1H3,(H3,16,18,19). The molecule has 2 rings (SSSR count). The van der Waals surface area contributed by atoms with E-state index >= 15 is 0 Å². The van der Waals surface area contributed by atoms with Crippen LogP contribution in [0, 0.1) is 6.92 Å². The van der Waals surface area contributed by atoms with Crippen molar-refractivity contribution in [1.29, 1.82) is 0 Å². The molecule has 0 fully saturated rings. The molecule has 110 valence electrons. The number of carbonyl (C=O) groups is 1. The van der Waals surface area contributed by atoms with Gasteiger partial charge in [-0.25, -0.2) is 10.2 Å². The Morgan fingerprint density at radius 2 is 2.29 bits per heavy atom. The Morgan fingerprint density at radius 1 is 1.52 bits per heavy atom. The zero-order valence-corrected chi connectivity index (χ0v) is 13.7. The number of hydrogen-bond donors (Lipinski definition) is 2. The van der Waals surface area contributed by atoms with Gasteiger partial charge in [0.25, 0.3) is 0 Å². The number of primary amides is 1. The van der Waals surface area contributed by atoms with E-state index in [1.165, 1.54) is 0 Å². The molecule has 0 atom stereocenters. The second-order valence-electron chi connectivity index (χ2n) is 4.18. The number of halogens is 1. The molecule has 0 unspecified atom stereocenters. The Bertz CT molecular complexity index is 670. The topological polar surface area (TPSA) is 76.7 Å². The maximum Gasteiger partial charge on any atom is 0.332 e. The predicted octanol–water partition coefficient (Wildman–Crippen LogP) is 3.40. The van der Waals surface area contributed by atoms with Crippen LogP contribution in [0.1, 0.15) is 15.3 Å². The molecule has 0 bridgehead atoms. The van der Waals surface area contributed by atoms with Gasteiger partial charge in [0.2, 0.25) is 0 Å². The lowest BCUT2D eigenvalue weighted by atomic mass is 10.2. The van der Waals surface area contributed by atoms with Crippen LogP contribution in [0.4, 0.5) is 4.79 Å². The average molecular weight is 368 g/mol. The minimum Gasteiger partial charge on any atom is -0.488 e. The van der Waals surface area contributed by atoms with Crippen LogP contribution in [0.25, 0.3) is 0 Å². The van der Waals surface area contributed by atoms with Crippen molar-refractivity contribution in [3.63, 3.8) is 0 Å². The number of aryl methyl sites for hydroxylation is 1. The summed E-state index contributed by atoms with van der Waals surface area (Å²) in [6.07, 6.45) is 1.56. The second kappa shape index (κ2) is 7.24. The van der Waals surface area contributed by atoms with E-state index in [2.05, 4.69) is 26.5 Å². The van der Waals surface area contributed by atoms with E-state index in [0.29, 0.717) is 6.61 Å². The highest BCUT2D eigenvalue weighted by molar-refractivity contribution is 9.10. The summed E-state index contributed by atoms with van der Waals surface area (Å²) in [6, 6.07) is 9.00. The monoisotopic (exact) mass is 367 g/mol. The number of rotatable bonds is 5. The van der Waals surface area contributed by atoms with Gasteiger partial charge in [0.1, 0.15) is 12.4 Å². The number of benzene rings is 1. The van der Waals surface area contributed by atoms with E-state index in [1.807, 2.05) is 37.3 Å². The summed E-state index contributed by atoms with van der Waals surface area (Å²) in [5.41, 5.74) is 8.18. The molecule has 1 heterocycles. The Hall–Kier alpha value is -1.86. The van der Waals surface area contributed by atoms with E-state index in [9.17, 15) is 4.79 Å². The van der Waals surface area contributed by atoms with Gasteiger partial charge in [-0.05, 0) is 41.1 Å². The molecule has 1 aromatic carbocycles. The maximum absolute atomic E-state index is 10.5. The summed E-state index contributed by atoms with van der Waals surface area (Å²) in [5.74, 6) is 0.800. The van der Waals surface area contributed by atoms with Gasteiger partial charge in [-0.1, -0.05) is 12.1 Å². The van der Waals surface area contributed by atoms with Crippen molar-refractivity contribution in [2.45, 2.75) is 13.5 Å². The van der Waals surface area contributed by atoms with Crippen LogP contribution in [-0.2, 0) is 6.61 Å². The number of para-hydroxylation sites is 1. The van der Waals surface area contributed by atoms with Crippen LogP contribution in [0.15, 0.2) is 39.9 Å². The number of urea groups is 1. The van der Waals surface area contributed by atoms with Gasteiger partial charge in [0.05, 0.1) is 10.7 Å². The number of hydrazone groups is 1. The highest BCUT2D eigenvalue weighted by Crippen LogP contribution is 2.26. The molecule has 0 radical (unpaired) electrons. The van der Waals surface area contributed by atoms with Crippen molar-refractivity contribution in [3.8, 4) is 5.75 Å². The third kappa shape index (κ3) is 4.57. The van der Waals surface area contributed by atoms with Crippen molar-refractivity contribution >= 4 is 39.5 Å². The second-order valence-corrected chi connectivity index (χ2v) is 6.33. The number of carbonyl (C=O) groups excluding carboxylic acids is 1. The molecule has 5 nitrogen and oxygen atoms in total. The van der Waals surface area contributed by atoms with E-state index in [1.54, 1.807) is 17.6 Å². The minimum absolute atomic E-state index is 0.474. The third-order valence-corrected chi connectivity index (χ3v) is 4.31. The summed E-state index contributed by atoms with van der Waals surface area (Å²) >= 11 is 5.02. The molecule has 0 spiro atoms. The lowest BCUT2D eigenvalue weighted by molar-refractivity contribution is 0.249. The van der Waals surface area contributed by atoms with Crippen molar-refractivity contribution in [3.05, 3.63) is 50.1 Å². The van der Waals surface area contributed by atoms with Gasteiger partial charge in [0.15, 0.2) is 0 Å². The number of amides is 2. The van der Waals surface area contributed by atoms with Crippen LogP contribution >= 0.6 is 27.3 Å². The van der Waals surface area contributed by atoms with E-state index in [-0.39, 0.29) is 0 Å². The first kappa shape index (κ1) is 15.5.